The number of fused-ring (bicyclic) bond motifs is 1. The average molecular weight is 477 g/mol. The van der Waals surface area contributed by atoms with E-state index in [1.165, 1.54) is 31.4 Å². The van der Waals surface area contributed by atoms with Gasteiger partial charge in [0.1, 0.15) is 0 Å². The highest BCUT2D eigenvalue weighted by Gasteiger charge is 2.31. The molecule has 0 saturated carbocycles. The van der Waals surface area contributed by atoms with Crippen LogP contribution in [0.5, 0.6) is 11.5 Å². The zero-order valence-corrected chi connectivity index (χ0v) is 18.7. The Morgan fingerprint density at radius 1 is 1.27 bits per heavy atom. The molecule has 1 atom stereocenters. The molecule has 174 valence electrons. The summed E-state index contributed by atoms with van der Waals surface area (Å²) in [7, 11) is -1.77. The van der Waals surface area contributed by atoms with Gasteiger partial charge in [0.25, 0.3) is 0 Å². The first kappa shape index (κ1) is 22.8. The summed E-state index contributed by atoms with van der Waals surface area (Å²) in [5, 5.41) is 5.26. The molecule has 1 aromatic carbocycles. The third-order valence-electron chi connectivity index (χ3n) is 5.40. The minimum Gasteiger partial charge on any atom is -0.493 e. The second-order valence-corrected chi connectivity index (χ2v) is 9.90. The summed E-state index contributed by atoms with van der Waals surface area (Å²) < 4.78 is 59.7. The van der Waals surface area contributed by atoms with Gasteiger partial charge >= 0.3 is 6.61 Å². The zero-order chi connectivity index (χ0) is 23.8. The van der Waals surface area contributed by atoms with Crippen molar-refractivity contribution in [1.82, 2.24) is 14.8 Å². The minimum atomic E-state index is -3.06. The Hall–Kier alpha value is -3.34. The number of aromatic nitrogens is 3. The highest BCUT2D eigenvalue weighted by atomic mass is 32.2. The van der Waals surface area contributed by atoms with Crippen LogP contribution >= 0.6 is 0 Å². The number of alkyl halides is 2. The lowest BCUT2D eigenvalue weighted by atomic mass is 10.1. The molecule has 11 heteroatoms. The fourth-order valence-electron chi connectivity index (χ4n) is 3.78. The first-order valence-electron chi connectivity index (χ1n) is 10.1. The number of ether oxygens (including phenoxy) is 2. The van der Waals surface area contributed by atoms with Gasteiger partial charge in [0.15, 0.2) is 32.8 Å². The number of methoxy groups -OCH3 is 1. The standard InChI is InChI=1S/C22H21F2N3O5S/c1-13-17-9-14(11-25-21(17)27(26-13)16-7-8-33(29,30)12-16)3-5-18(28)15-4-6-19(32-22(23)24)20(10-15)31-2/h3-6,9-11,16,22H,7-8,12H2,1-2H3/b5-3-/t16-/m1/s1. The summed E-state index contributed by atoms with van der Waals surface area (Å²) >= 11 is 0. The number of allylic oxidation sites excluding steroid dienone is 1. The van der Waals surface area contributed by atoms with E-state index in [0.29, 0.717) is 23.3 Å². The molecule has 1 saturated heterocycles. The lowest BCUT2D eigenvalue weighted by molar-refractivity contribution is -0.0512. The molecule has 0 bridgehead atoms. The van der Waals surface area contributed by atoms with Crippen LogP contribution in [0.25, 0.3) is 17.1 Å². The van der Waals surface area contributed by atoms with Gasteiger partial charge in [-0.15, -0.1) is 0 Å². The Balaban J connectivity index is 1.56. The van der Waals surface area contributed by atoms with Crippen molar-refractivity contribution in [2.24, 2.45) is 0 Å². The van der Waals surface area contributed by atoms with E-state index in [1.807, 2.05) is 13.0 Å². The fraction of sp³-hybridized carbons (Fsp3) is 0.318. The number of rotatable bonds is 7. The van der Waals surface area contributed by atoms with Crippen LogP contribution in [0.4, 0.5) is 8.78 Å². The van der Waals surface area contributed by atoms with Gasteiger partial charge in [-0.1, -0.05) is 0 Å². The highest BCUT2D eigenvalue weighted by molar-refractivity contribution is 7.91. The van der Waals surface area contributed by atoms with Crippen LogP contribution in [0.15, 0.2) is 36.5 Å². The molecule has 0 aliphatic carbocycles. The predicted molar refractivity (Wildman–Crippen MR) is 118 cm³/mol. The van der Waals surface area contributed by atoms with Crippen LogP contribution in [0.3, 0.4) is 0 Å². The van der Waals surface area contributed by atoms with Gasteiger partial charge in [-0.25, -0.2) is 18.1 Å². The van der Waals surface area contributed by atoms with Crippen LogP contribution in [-0.2, 0) is 9.84 Å². The minimum absolute atomic E-state index is 0.0228. The molecule has 4 rings (SSSR count). The Morgan fingerprint density at radius 3 is 2.73 bits per heavy atom. The maximum absolute atomic E-state index is 12.6. The van der Waals surface area contributed by atoms with Gasteiger partial charge in [-0.05, 0) is 55.3 Å². The Bertz CT molecular complexity index is 1350. The lowest BCUT2D eigenvalue weighted by Crippen LogP contribution is -2.13. The monoisotopic (exact) mass is 477 g/mol. The molecular formula is C22H21F2N3O5S. The summed E-state index contributed by atoms with van der Waals surface area (Å²) in [6.07, 6.45) is 5.00. The van der Waals surface area contributed by atoms with Gasteiger partial charge in [0.05, 0.1) is 30.4 Å². The van der Waals surface area contributed by atoms with E-state index in [4.69, 9.17) is 4.74 Å². The molecule has 2 aromatic heterocycles. The van der Waals surface area contributed by atoms with Crippen molar-refractivity contribution >= 4 is 32.7 Å². The third-order valence-corrected chi connectivity index (χ3v) is 7.15. The molecule has 1 fully saturated rings. The molecule has 0 unspecified atom stereocenters. The van der Waals surface area contributed by atoms with Crippen LogP contribution in [0, 0.1) is 6.92 Å². The lowest BCUT2D eigenvalue weighted by Gasteiger charge is -2.10. The molecule has 3 aromatic rings. The SMILES string of the molecule is COc1cc(C(=O)/C=C\c2cnc3c(c2)c(C)nn3[C@@H]2CCS(=O)(=O)C2)ccc1OC(F)F. The van der Waals surface area contributed by atoms with E-state index in [-0.39, 0.29) is 40.4 Å². The number of carbonyl (C=O) groups is 1. The molecule has 1 aliphatic rings. The van der Waals surface area contributed by atoms with Crippen LogP contribution in [0.2, 0.25) is 0 Å². The molecule has 0 radical (unpaired) electrons. The van der Waals surface area contributed by atoms with E-state index in [0.717, 1.165) is 5.39 Å². The van der Waals surface area contributed by atoms with Crippen LogP contribution in [0.1, 0.15) is 34.1 Å². The molecule has 33 heavy (non-hydrogen) atoms. The van der Waals surface area contributed by atoms with Gasteiger partial charge in [0.2, 0.25) is 0 Å². The van der Waals surface area contributed by atoms with Crippen molar-refractivity contribution < 1.29 is 31.5 Å². The van der Waals surface area contributed by atoms with E-state index in [2.05, 4.69) is 14.8 Å². The Labute approximate surface area is 188 Å². The van der Waals surface area contributed by atoms with Crippen molar-refractivity contribution in [2.75, 3.05) is 18.6 Å². The summed E-state index contributed by atoms with van der Waals surface area (Å²) in [5.74, 6) is -0.312. The molecule has 8 nitrogen and oxygen atoms in total. The molecular weight excluding hydrogens is 456 g/mol. The third kappa shape index (κ3) is 4.87. The maximum Gasteiger partial charge on any atom is 0.387 e. The summed E-state index contributed by atoms with van der Waals surface area (Å²) in [6.45, 7) is -1.19. The van der Waals surface area contributed by atoms with E-state index in [1.54, 1.807) is 17.0 Å². The number of carbonyl (C=O) groups excluding carboxylic acids is 1. The number of nitrogens with zero attached hydrogens (tertiary/aromatic N) is 3. The number of hydrogen-bond acceptors (Lipinski definition) is 7. The maximum atomic E-state index is 12.6. The largest absolute Gasteiger partial charge is 0.493 e. The molecule has 0 amide bonds. The molecule has 0 spiro atoms. The van der Waals surface area contributed by atoms with E-state index < -0.39 is 16.4 Å². The Morgan fingerprint density at radius 2 is 2.06 bits per heavy atom. The number of sulfone groups is 1. The summed E-state index contributed by atoms with van der Waals surface area (Å²) in [5.41, 5.74) is 2.20. The zero-order valence-electron chi connectivity index (χ0n) is 17.9. The molecule has 1 aliphatic heterocycles. The number of hydrogen-bond donors (Lipinski definition) is 0. The van der Waals surface area contributed by atoms with Crippen LogP contribution in [-0.4, -0.2) is 54.2 Å². The summed E-state index contributed by atoms with van der Waals surface area (Å²) in [6, 6.07) is 5.54. The number of aryl methyl sites for hydroxylation is 1. The van der Waals surface area contributed by atoms with Gasteiger partial charge in [-0.2, -0.15) is 13.9 Å². The van der Waals surface area contributed by atoms with Gasteiger partial charge < -0.3 is 9.47 Å². The van der Waals surface area contributed by atoms with Crippen LogP contribution < -0.4 is 9.47 Å². The normalized spacial score (nSPS) is 17.8. The topological polar surface area (TPSA) is 100 Å². The van der Waals surface area contributed by atoms with E-state index >= 15 is 0 Å². The number of ketones is 1. The molecule has 0 N–H and O–H groups in total. The smallest absolute Gasteiger partial charge is 0.387 e. The highest BCUT2D eigenvalue weighted by Crippen LogP contribution is 2.30. The van der Waals surface area contributed by atoms with Crippen molar-refractivity contribution in [2.45, 2.75) is 26.0 Å². The van der Waals surface area contributed by atoms with Gasteiger partial charge in [-0.3, -0.25) is 4.79 Å². The number of halogens is 2. The number of benzene rings is 1. The molecule has 3 heterocycles. The first-order valence-corrected chi connectivity index (χ1v) is 11.9. The predicted octanol–water partition coefficient (Wildman–Crippen LogP) is 3.61. The number of pyridine rings is 1. The van der Waals surface area contributed by atoms with Crippen molar-refractivity contribution in [3.63, 3.8) is 0 Å². The fourth-order valence-corrected chi connectivity index (χ4v) is 5.47. The van der Waals surface area contributed by atoms with E-state index in [9.17, 15) is 22.0 Å². The van der Waals surface area contributed by atoms with Crippen molar-refractivity contribution in [1.29, 1.82) is 0 Å². The first-order chi connectivity index (χ1) is 15.7. The van der Waals surface area contributed by atoms with Crippen molar-refractivity contribution in [3.8, 4) is 11.5 Å². The van der Waals surface area contributed by atoms with Crippen molar-refractivity contribution in [3.05, 3.63) is 53.4 Å². The second kappa shape index (κ2) is 8.89. The Kier molecular flexibility index (Phi) is 6.15. The van der Waals surface area contributed by atoms with Gasteiger partial charge in [0, 0.05) is 17.1 Å². The quantitative estimate of drug-likeness (QED) is 0.379. The second-order valence-electron chi connectivity index (χ2n) is 7.67. The average Bonchev–Trinajstić information content (AvgIpc) is 3.30. The summed E-state index contributed by atoms with van der Waals surface area (Å²) in [4.78, 5) is 17.0.